The Morgan fingerprint density at radius 3 is 2.36 bits per heavy atom. The van der Waals surface area contributed by atoms with Gasteiger partial charge in [0.1, 0.15) is 5.67 Å². The predicted octanol–water partition coefficient (Wildman–Crippen LogP) is 2.42. The van der Waals surface area contributed by atoms with Crippen molar-refractivity contribution in [1.82, 2.24) is 0 Å². The van der Waals surface area contributed by atoms with Crippen molar-refractivity contribution in [2.45, 2.75) is 39.3 Å². The van der Waals surface area contributed by atoms with Gasteiger partial charge in [0.15, 0.2) is 0 Å². The molecular formula is C9H18FN. The second kappa shape index (κ2) is 4.50. The average Bonchev–Trinajstić information content (AvgIpc) is 1.87. The predicted molar refractivity (Wildman–Crippen MR) is 47.2 cm³/mol. The smallest absolute Gasteiger partial charge is 0.141 e. The van der Waals surface area contributed by atoms with Crippen LogP contribution in [0.5, 0.6) is 0 Å². The van der Waals surface area contributed by atoms with E-state index in [1.165, 1.54) is 0 Å². The molecule has 0 aromatic rings. The van der Waals surface area contributed by atoms with Crippen LogP contribution in [0.1, 0.15) is 33.6 Å². The molecule has 0 heterocycles. The van der Waals surface area contributed by atoms with E-state index in [9.17, 15) is 4.39 Å². The van der Waals surface area contributed by atoms with Gasteiger partial charge in [-0.25, -0.2) is 4.39 Å². The van der Waals surface area contributed by atoms with E-state index < -0.39 is 5.67 Å². The molecule has 0 amide bonds. The zero-order valence-electron chi connectivity index (χ0n) is 7.65. The Morgan fingerprint density at radius 2 is 2.09 bits per heavy atom. The zero-order chi connectivity index (χ0) is 8.91. The van der Waals surface area contributed by atoms with Crippen molar-refractivity contribution in [1.29, 1.82) is 0 Å². The molecule has 1 unspecified atom stereocenters. The van der Waals surface area contributed by atoms with Gasteiger partial charge in [0, 0.05) is 6.54 Å². The Balaban J connectivity index is 4.21. The minimum Gasteiger partial charge on any atom is -0.327 e. The highest BCUT2D eigenvalue weighted by Crippen LogP contribution is 2.20. The van der Waals surface area contributed by atoms with Crippen molar-refractivity contribution in [3.63, 3.8) is 0 Å². The molecule has 0 fully saturated rings. The van der Waals surface area contributed by atoms with E-state index in [0.29, 0.717) is 6.42 Å². The van der Waals surface area contributed by atoms with Gasteiger partial charge in [0.25, 0.3) is 0 Å². The fourth-order valence-corrected chi connectivity index (χ4v) is 1.17. The van der Waals surface area contributed by atoms with E-state index in [4.69, 9.17) is 5.73 Å². The largest absolute Gasteiger partial charge is 0.327 e. The maximum atomic E-state index is 13.6. The molecule has 0 bridgehead atoms. The van der Waals surface area contributed by atoms with Gasteiger partial charge in [-0.15, -0.1) is 0 Å². The molecule has 2 N–H and O–H groups in total. The van der Waals surface area contributed by atoms with Crippen LogP contribution in [0.15, 0.2) is 11.6 Å². The van der Waals surface area contributed by atoms with E-state index in [1.807, 2.05) is 20.8 Å². The minimum atomic E-state index is -1.27. The zero-order valence-corrected chi connectivity index (χ0v) is 7.65. The molecule has 0 aromatic carbocycles. The third kappa shape index (κ3) is 4.14. The summed E-state index contributed by atoms with van der Waals surface area (Å²) in [4.78, 5) is 0. The van der Waals surface area contributed by atoms with Crippen LogP contribution >= 0.6 is 0 Å². The van der Waals surface area contributed by atoms with Gasteiger partial charge in [0.2, 0.25) is 0 Å². The van der Waals surface area contributed by atoms with E-state index >= 15 is 0 Å². The fraction of sp³-hybridized carbons (Fsp3) is 0.778. The van der Waals surface area contributed by atoms with Crippen molar-refractivity contribution in [2.75, 3.05) is 6.54 Å². The standard InChI is InChI=1S/C9H18FN/c1-4-5-9(10,7-11)6-8(2)3/h6H,4-5,7,11H2,1-3H3. The molecule has 0 aliphatic heterocycles. The Labute approximate surface area is 68.5 Å². The highest BCUT2D eigenvalue weighted by Gasteiger charge is 2.22. The first-order valence-electron chi connectivity index (χ1n) is 4.09. The first-order valence-corrected chi connectivity index (χ1v) is 4.09. The number of hydrogen-bond donors (Lipinski definition) is 1. The lowest BCUT2D eigenvalue weighted by atomic mass is 9.98. The topological polar surface area (TPSA) is 26.0 Å². The minimum absolute atomic E-state index is 0.0893. The van der Waals surface area contributed by atoms with Gasteiger partial charge in [-0.1, -0.05) is 18.9 Å². The van der Waals surface area contributed by atoms with E-state index in [0.717, 1.165) is 12.0 Å². The van der Waals surface area contributed by atoms with Gasteiger partial charge in [-0.3, -0.25) is 0 Å². The summed E-state index contributed by atoms with van der Waals surface area (Å²) in [7, 11) is 0. The van der Waals surface area contributed by atoms with Gasteiger partial charge >= 0.3 is 0 Å². The summed E-state index contributed by atoms with van der Waals surface area (Å²) < 4.78 is 13.6. The molecule has 1 atom stereocenters. The van der Waals surface area contributed by atoms with Crippen LogP contribution in [0.4, 0.5) is 4.39 Å². The first kappa shape index (κ1) is 10.6. The normalized spacial score (nSPS) is 15.7. The number of nitrogens with two attached hydrogens (primary N) is 1. The third-order valence-electron chi connectivity index (χ3n) is 1.55. The summed E-state index contributed by atoms with van der Waals surface area (Å²) in [6.07, 6.45) is 2.97. The molecule has 0 aliphatic rings. The summed E-state index contributed by atoms with van der Waals surface area (Å²) >= 11 is 0. The Bertz CT molecular complexity index is 138. The molecule has 1 nitrogen and oxygen atoms in total. The number of hydrogen-bond acceptors (Lipinski definition) is 1. The van der Waals surface area contributed by atoms with Crippen molar-refractivity contribution < 1.29 is 4.39 Å². The first-order chi connectivity index (χ1) is 5.04. The fourth-order valence-electron chi connectivity index (χ4n) is 1.17. The SMILES string of the molecule is CCCC(F)(C=C(C)C)CN. The third-order valence-corrected chi connectivity index (χ3v) is 1.55. The maximum Gasteiger partial charge on any atom is 0.141 e. The number of allylic oxidation sites excluding steroid dienone is 1. The quantitative estimate of drug-likeness (QED) is 0.626. The molecule has 0 spiro atoms. The highest BCUT2D eigenvalue weighted by molar-refractivity contribution is 5.07. The molecular weight excluding hydrogens is 141 g/mol. The van der Waals surface area contributed by atoms with Crippen LogP contribution < -0.4 is 5.73 Å². The number of halogens is 1. The van der Waals surface area contributed by atoms with Crippen molar-refractivity contribution in [3.05, 3.63) is 11.6 Å². The van der Waals surface area contributed by atoms with Crippen molar-refractivity contribution in [2.24, 2.45) is 5.73 Å². The lowest BCUT2D eigenvalue weighted by Crippen LogP contribution is -2.30. The van der Waals surface area contributed by atoms with Gasteiger partial charge in [0.05, 0.1) is 0 Å². The second-order valence-electron chi connectivity index (χ2n) is 3.21. The molecule has 0 saturated heterocycles. The van der Waals surface area contributed by atoms with Gasteiger partial charge < -0.3 is 5.73 Å². The van der Waals surface area contributed by atoms with Gasteiger partial charge in [-0.2, -0.15) is 0 Å². The van der Waals surface area contributed by atoms with Crippen molar-refractivity contribution in [3.8, 4) is 0 Å². The van der Waals surface area contributed by atoms with E-state index in [1.54, 1.807) is 6.08 Å². The molecule has 0 aromatic heterocycles. The number of alkyl halides is 1. The monoisotopic (exact) mass is 159 g/mol. The van der Waals surface area contributed by atoms with Crippen LogP contribution in [-0.4, -0.2) is 12.2 Å². The summed E-state index contributed by atoms with van der Waals surface area (Å²) in [5, 5.41) is 0. The lowest BCUT2D eigenvalue weighted by Gasteiger charge is -2.19. The molecule has 66 valence electrons. The molecule has 2 heteroatoms. The Morgan fingerprint density at radius 1 is 1.55 bits per heavy atom. The molecule has 0 aliphatic carbocycles. The Kier molecular flexibility index (Phi) is 4.34. The summed E-state index contributed by atoms with van der Waals surface area (Å²) in [5.41, 5.74) is 5.04. The van der Waals surface area contributed by atoms with Crippen LogP contribution in [0, 0.1) is 0 Å². The average molecular weight is 159 g/mol. The van der Waals surface area contributed by atoms with E-state index in [2.05, 4.69) is 0 Å². The number of rotatable bonds is 4. The van der Waals surface area contributed by atoms with Crippen LogP contribution in [0.3, 0.4) is 0 Å². The van der Waals surface area contributed by atoms with Crippen LogP contribution in [0.2, 0.25) is 0 Å². The molecule has 11 heavy (non-hydrogen) atoms. The molecule has 0 rings (SSSR count). The lowest BCUT2D eigenvalue weighted by molar-refractivity contribution is 0.220. The summed E-state index contributed by atoms with van der Waals surface area (Å²) in [6.45, 7) is 5.83. The summed E-state index contributed by atoms with van der Waals surface area (Å²) in [5.74, 6) is 0. The summed E-state index contributed by atoms with van der Waals surface area (Å²) in [6, 6.07) is 0. The van der Waals surface area contributed by atoms with Crippen LogP contribution in [0.25, 0.3) is 0 Å². The molecule has 0 saturated carbocycles. The highest BCUT2D eigenvalue weighted by atomic mass is 19.1. The van der Waals surface area contributed by atoms with Gasteiger partial charge in [-0.05, 0) is 26.3 Å². The second-order valence-corrected chi connectivity index (χ2v) is 3.21. The van der Waals surface area contributed by atoms with Crippen LogP contribution in [-0.2, 0) is 0 Å². The van der Waals surface area contributed by atoms with Crippen molar-refractivity contribution >= 4 is 0 Å². The Hall–Kier alpha value is -0.370. The molecule has 0 radical (unpaired) electrons. The van der Waals surface area contributed by atoms with E-state index in [-0.39, 0.29) is 6.54 Å². The maximum absolute atomic E-state index is 13.6.